The van der Waals surface area contributed by atoms with Gasteiger partial charge in [-0.1, -0.05) is 0 Å². The highest BCUT2D eigenvalue weighted by atomic mass is 32.1. The van der Waals surface area contributed by atoms with Crippen molar-refractivity contribution in [1.29, 1.82) is 0 Å². The van der Waals surface area contributed by atoms with Gasteiger partial charge in [0.2, 0.25) is 0 Å². The van der Waals surface area contributed by atoms with Crippen LogP contribution in [0.4, 0.5) is 4.39 Å². The molecule has 0 bridgehead atoms. The maximum absolute atomic E-state index is 13.7. The Morgan fingerprint density at radius 3 is 2.79 bits per heavy atom. The lowest BCUT2D eigenvalue weighted by Gasteiger charge is -2.16. The number of hydrogen-bond donors (Lipinski definition) is 1. The van der Waals surface area contributed by atoms with E-state index in [2.05, 4.69) is 0 Å². The van der Waals surface area contributed by atoms with Gasteiger partial charge in [0.05, 0.1) is 5.56 Å². The normalized spacial score (nSPS) is 10.9. The van der Waals surface area contributed by atoms with Gasteiger partial charge in [-0.2, -0.15) is 11.3 Å². The molecule has 0 saturated carbocycles. The molecule has 0 fully saturated rings. The number of aromatic carboxylic acids is 1. The molecule has 0 saturated heterocycles. The molecule has 0 amide bonds. The molecule has 3 nitrogen and oxygen atoms in total. The van der Waals surface area contributed by atoms with E-state index in [0.29, 0.717) is 18.7 Å². The van der Waals surface area contributed by atoms with E-state index < -0.39 is 5.97 Å². The van der Waals surface area contributed by atoms with Crippen molar-refractivity contribution in [1.82, 2.24) is 4.90 Å². The van der Waals surface area contributed by atoms with Gasteiger partial charge in [0.1, 0.15) is 5.82 Å². The number of thiophene rings is 1. The minimum Gasteiger partial charge on any atom is -0.478 e. The van der Waals surface area contributed by atoms with Crippen molar-refractivity contribution in [2.45, 2.75) is 13.1 Å². The van der Waals surface area contributed by atoms with E-state index >= 15 is 0 Å². The first kappa shape index (κ1) is 13.7. The highest BCUT2D eigenvalue weighted by Gasteiger charge is 2.10. The Hall–Kier alpha value is -1.72. The van der Waals surface area contributed by atoms with Gasteiger partial charge in [0.15, 0.2) is 0 Å². The maximum atomic E-state index is 13.7. The predicted molar refractivity (Wildman–Crippen MR) is 72.8 cm³/mol. The molecule has 1 aromatic heterocycles. The van der Waals surface area contributed by atoms with E-state index in [-0.39, 0.29) is 11.4 Å². The molecule has 0 aliphatic rings. The first-order chi connectivity index (χ1) is 9.06. The van der Waals surface area contributed by atoms with E-state index in [0.717, 1.165) is 0 Å². The molecule has 0 unspecified atom stereocenters. The van der Waals surface area contributed by atoms with Gasteiger partial charge >= 0.3 is 5.97 Å². The number of nitrogens with zero attached hydrogens (tertiary/aromatic N) is 1. The summed E-state index contributed by atoms with van der Waals surface area (Å²) in [7, 11) is 1.88. The van der Waals surface area contributed by atoms with Gasteiger partial charge in [-0.3, -0.25) is 4.90 Å². The summed E-state index contributed by atoms with van der Waals surface area (Å²) < 4.78 is 13.7. The van der Waals surface area contributed by atoms with E-state index in [9.17, 15) is 9.18 Å². The van der Waals surface area contributed by atoms with Crippen LogP contribution < -0.4 is 0 Å². The van der Waals surface area contributed by atoms with Crippen LogP contribution in [0.25, 0.3) is 0 Å². The van der Waals surface area contributed by atoms with Crippen LogP contribution in [0, 0.1) is 5.82 Å². The second-order valence-electron chi connectivity index (χ2n) is 4.42. The van der Waals surface area contributed by atoms with Crippen LogP contribution in [0.3, 0.4) is 0 Å². The summed E-state index contributed by atoms with van der Waals surface area (Å²) in [5, 5.41) is 12.9. The smallest absolute Gasteiger partial charge is 0.335 e. The Bertz CT molecular complexity index is 569. The third-order valence-corrected chi connectivity index (χ3v) is 3.50. The summed E-state index contributed by atoms with van der Waals surface area (Å²) in [5.41, 5.74) is 1.68. The zero-order chi connectivity index (χ0) is 13.8. The zero-order valence-electron chi connectivity index (χ0n) is 10.5. The standard InChI is InChI=1S/C14H14FNO2S/c1-16(7-10-4-5-19-9-10)8-12-6-11(14(17)18)2-3-13(12)15/h2-6,9H,7-8H2,1H3,(H,17,18). The fraction of sp³-hybridized carbons (Fsp3) is 0.214. The molecule has 0 aliphatic carbocycles. The molecular weight excluding hydrogens is 265 g/mol. The molecule has 19 heavy (non-hydrogen) atoms. The minimum atomic E-state index is -1.04. The molecular formula is C14H14FNO2S. The van der Waals surface area contributed by atoms with Gasteiger partial charge in [-0.25, -0.2) is 9.18 Å². The van der Waals surface area contributed by atoms with Crippen molar-refractivity contribution in [3.8, 4) is 0 Å². The number of benzene rings is 1. The van der Waals surface area contributed by atoms with Crippen LogP contribution in [-0.2, 0) is 13.1 Å². The number of rotatable bonds is 5. The Morgan fingerprint density at radius 2 is 2.16 bits per heavy atom. The van der Waals surface area contributed by atoms with Gasteiger partial charge in [0.25, 0.3) is 0 Å². The molecule has 2 rings (SSSR count). The maximum Gasteiger partial charge on any atom is 0.335 e. The number of halogens is 1. The minimum absolute atomic E-state index is 0.111. The van der Waals surface area contributed by atoms with Crippen molar-refractivity contribution in [2.24, 2.45) is 0 Å². The first-order valence-electron chi connectivity index (χ1n) is 5.77. The van der Waals surface area contributed by atoms with Gasteiger partial charge in [-0.05, 0) is 47.6 Å². The van der Waals surface area contributed by atoms with Crippen LogP contribution in [0.15, 0.2) is 35.0 Å². The molecule has 0 aliphatic heterocycles. The molecule has 0 atom stereocenters. The molecule has 1 heterocycles. The topological polar surface area (TPSA) is 40.5 Å². The van der Waals surface area contributed by atoms with Crippen LogP contribution in [0.2, 0.25) is 0 Å². The average Bonchev–Trinajstić information content (AvgIpc) is 2.84. The summed E-state index contributed by atoms with van der Waals surface area (Å²) in [6.45, 7) is 1.09. The van der Waals surface area contributed by atoms with Gasteiger partial charge in [-0.15, -0.1) is 0 Å². The summed E-state index contributed by atoms with van der Waals surface area (Å²) in [6.07, 6.45) is 0. The van der Waals surface area contributed by atoms with Crippen LogP contribution >= 0.6 is 11.3 Å². The fourth-order valence-corrected chi connectivity index (χ4v) is 2.53. The SMILES string of the molecule is CN(Cc1ccsc1)Cc1cc(C(=O)O)ccc1F. The molecule has 1 N–H and O–H groups in total. The van der Waals surface area contributed by atoms with E-state index in [1.54, 1.807) is 11.3 Å². The molecule has 5 heteroatoms. The van der Waals surface area contributed by atoms with Crippen molar-refractivity contribution in [3.05, 3.63) is 57.5 Å². The van der Waals surface area contributed by atoms with Gasteiger partial charge in [0, 0.05) is 18.7 Å². The summed E-state index contributed by atoms with van der Waals surface area (Å²) >= 11 is 1.62. The molecule has 0 spiro atoms. The van der Waals surface area contributed by atoms with E-state index in [1.165, 1.54) is 23.8 Å². The highest BCUT2D eigenvalue weighted by molar-refractivity contribution is 7.07. The van der Waals surface area contributed by atoms with E-state index in [1.807, 2.05) is 28.8 Å². The summed E-state index contributed by atoms with van der Waals surface area (Å²) in [5.74, 6) is -1.41. The lowest BCUT2D eigenvalue weighted by Crippen LogP contribution is -2.18. The van der Waals surface area contributed by atoms with Crippen molar-refractivity contribution < 1.29 is 14.3 Å². The Morgan fingerprint density at radius 1 is 1.37 bits per heavy atom. The van der Waals surface area contributed by atoms with Crippen molar-refractivity contribution in [3.63, 3.8) is 0 Å². The highest BCUT2D eigenvalue weighted by Crippen LogP contribution is 2.15. The molecule has 1 aromatic carbocycles. The third-order valence-electron chi connectivity index (χ3n) is 2.77. The van der Waals surface area contributed by atoms with Crippen LogP contribution in [0.1, 0.15) is 21.5 Å². The summed E-state index contributed by atoms with van der Waals surface area (Å²) in [6, 6.07) is 5.89. The van der Waals surface area contributed by atoms with Crippen LogP contribution in [0.5, 0.6) is 0 Å². The molecule has 100 valence electrons. The Balaban J connectivity index is 2.09. The van der Waals surface area contributed by atoms with Gasteiger partial charge < -0.3 is 5.11 Å². The predicted octanol–water partition coefficient (Wildman–Crippen LogP) is 3.22. The third kappa shape index (κ3) is 3.62. The lowest BCUT2D eigenvalue weighted by atomic mass is 10.1. The molecule has 2 aromatic rings. The van der Waals surface area contributed by atoms with Crippen molar-refractivity contribution in [2.75, 3.05) is 7.05 Å². The zero-order valence-corrected chi connectivity index (χ0v) is 11.3. The van der Waals surface area contributed by atoms with Crippen molar-refractivity contribution >= 4 is 17.3 Å². The number of carboxylic acid groups (broad SMARTS) is 1. The largest absolute Gasteiger partial charge is 0.478 e. The summed E-state index contributed by atoms with van der Waals surface area (Å²) in [4.78, 5) is 12.8. The van der Waals surface area contributed by atoms with E-state index in [4.69, 9.17) is 5.11 Å². The van der Waals surface area contributed by atoms with Crippen LogP contribution in [-0.4, -0.2) is 23.0 Å². The second kappa shape index (κ2) is 5.95. The number of carbonyl (C=O) groups is 1. The quantitative estimate of drug-likeness (QED) is 0.913. The average molecular weight is 279 g/mol. The lowest BCUT2D eigenvalue weighted by molar-refractivity contribution is 0.0696. The Kier molecular flexibility index (Phi) is 4.29. The second-order valence-corrected chi connectivity index (χ2v) is 5.20. The number of carboxylic acids is 1. The number of hydrogen-bond acceptors (Lipinski definition) is 3. The first-order valence-corrected chi connectivity index (χ1v) is 6.72. The molecule has 0 radical (unpaired) electrons. The fourth-order valence-electron chi connectivity index (χ4n) is 1.87. The monoisotopic (exact) mass is 279 g/mol. The Labute approximate surface area is 114 Å².